The van der Waals surface area contributed by atoms with E-state index in [1.54, 1.807) is 13.0 Å². The number of benzene rings is 1. The minimum atomic E-state index is -0.321. The Kier molecular flexibility index (Phi) is 5.13. The highest BCUT2D eigenvalue weighted by atomic mass is 79.9. The zero-order valence-electron chi connectivity index (χ0n) is 12.1. The van der Waals surface area contributed by atoms with Gasteiger partial charge in [0, 0.05) is 12.1 Å². The Bertz CT molecular complexity index is 480. The van der Waals surface area contributed by atoms with Gasteiger partial charge in [-0.15, -0.1) is 0 Å². The zero-order chi connectivity index (χ0) is 14.8. The monoisotopic (exact) mass is 329 g/mol. The van der Waals surface area contributed by atoms with Crippen molar-refractivity contribution in [3.05, 3.63) is 28.0 Å². The third-order valence-corrected chi connectivity index (χ3v) is 4.12. The number of carbonyl (C=O) groups is 1. The molecule has 0 saturated heterocycles. The SMILES string of the molecule is Cc1cc(F)c(Br)cc1NC(=O)CC(C)C(C)(C)C. The molecule has 0 spiro atoms. The van der Waals surface area contributed by atoms with Gasteiger partial charge in [-0.25, -0.2) is 4.39 Å². The molecule has 0 saturated carbocycles. The van der Waals surface area contributed by atoms with Gasteiger partial charge in [-0.2, -0.15) is 0 Å². The lowest BCUT2D eigenvalue weighted by Gasteiger charge is -2.26. The van der Waals surface area contributed by atoms with Gasteiger partial charge in [0.25, 0.3) is 0 Å². The summed E-state index contributed by atoms with van der Waals surface area (Å²) in [5, 5.41) is 2.85. The Morgan fingerprint density at radius 2 is 2.00 bits per heavy atom. The number of halogens is 2. The van der Waals surface area contributed by atoms with E-state index in [-0.39, 0.29) is 23.1 Å². The smallest absolute Gasteiger partial charge is 0.224 e. The van der Waals surface area contributed by atoms with E-state index in [2.05, 4.69) is 48.9 Å². The fourth-order valence-corrected chi connectivity index (χ4v) is 1.91. The van der Waals surface area contributed by atoms with E-state index in [4.69, 9.17) is 0 Å². The molecule has 1 rings (SSSR count). The fourth-order valence-electron chi connectivity index (χ4n) is 1.57. The second kappa shape index (κ2) is 6.04. The van der Waals surface area contributed by atoms with Gasteiger partial charge in [0.2, 0.25) is 5.91 Å². The van der Waals surface area contributed by atoms with Crippen LogP contribution in [0, 0.1) is 24.1 Å². The molecular formula is C15H21BrFNO. The Morgan fingerprint density at radius 1 is 1.42 bits per heavy atom. The molecule has 0 aliphatic carbocycles. The molecule has 106 valence electrons. The van der Waals surface area contributed by atoms with Gasteiger partial charge in [0.1, 0.15) is 5.82 Å². The summed E-state index contributed by atoms with van der Waals surface area (Å²) >= 11 is 3.13. The van der Waals surface area contributed by atoms with Crippen LogP contribution in [0.4, 0.5) is 10.1 Å². The van der Waals surface area contributed by atoms with E-state index < -0.39 is 0 Å². The summed E-state index contributed by atoms with van der Waals surface area (Å²) < 4.78 is 13.7. The molecule has 1 aromatic carbocycles. The standard InChI is InChI=1S/C15H21BrFNO/c1-9-6-12(17)11(16)8-13(9)18-14(19)7-10(2)15(3,4)5/h6,8,10H,7H2,1-5H3,(H,18,19). The number of rotatable bonds is 3. The molecule has 1 aromatic rings. The van der Waals surface area contributed by atoms with Crippen LogP contribution in [0.3, 0.4) is 0 Å². The number of hydrogen-bond donors (Lipinski definition) is 1. The van der Waals surface area contributed by atoms with Gasteiger partial charge in [-0.05, 0) is 51.9 Å². The first-order valence-electron chi connectivity index (χ1n) is 6.36. The van der Waals surface area contributed by atoms with E-state index in [0.717, 1.165) is 5.56 Å². The maximum absolute atomic E-state index is 13.3. The summed E-state index contributed by atoms with van der Waals surface area (Å²) in [5.74, 6) is -0.0840. The van der Waals surface area contributed by atoms with Crippen LogP contribution in [0.25, 0.3) is 0 Å². The number of aryl methyl sites for hydroxylation is 1. The van der Waals surface area contributed by atoms with Crippen LogP contribution in [-0.4, -0.2) is 5.91 Å². The van der Waals surface area contributed by atoms with E-state index in [1.165, 1.54) is 6.07 Å². The topological polar surface area (TPSA) is 29.1 Å². The van der Waals surface area contributed by atoms with Crippen LogP contribution in [0.15, 0.2) is 16.6 Å². The summed E-state index contributed by atoms with van der Waals surface area (Å²) in [5.41, 5.74) is 1.47. The van der Waals surface area contributed by atoms with Gasteiger partial charge >= 0.3 is 0 Å². The molecule has 0 aromatic heterocycles. The number of anilines is 1. The number of nitrogens with one attached hydrogen (secondary N) is 1. The largest absolute Gasteiger partial charge is 0.326 e. The Balaban J connectivity index is 2.76. The molecule has 0 radical (unpaired) electrons. The first-order chi connectivity index (χ1) is 8.61. The van der Waals surface area contributed by atoms with Gasteiger partial charge in [0.05, 0.1) is 4.47 Å². The summed E-state index contributed by atoms with van der Waals surface area (Å²) in [6.45, 7) is 10.2. The molecule has 4 heteroatoms. The van der Waals surface area contributed by atoms with Crippen molar-refractivity contribution < 1.29 is 9.18 Å². The molecule has 0 aliphatic rings. The summed E-state index contributed by atoms with van der Waals surface area (Å²) in [7, 11) is 0. The maximum atomic E-state index is 13.3. The molecule has 0 aliphatic heterocycles. The summed E-state index contributed by atoms with van der Waals surface area (Å²) in [6.07, 6.45) is 0.456. The van der Waals surface area contributed by atoms with Gasteiger partial charge < -0.3 is 5.32 Å². The number of hydrogen-bond acceptors (Lipinski definition) is 1. The Morgan fingerprint density at radius 3 is 2.53 bits per heavy atom. The van der Waals surface area contributed by atoms with Crippen LogP contribution in [0.5, 0.6) is 0 Å². The highest BCUT2D eigenvalue weighted by Crippen LogP contribution is 2.29. The Labute approximate surface area is 122 Å². The number of carbonyl (C=O) groups excluding carboxylic acids is 1. The lowest BCUT2D eigenvalue weighted by Crippen LogP contribution is -2.24. The van der Waals surface area contributed by atoms with Crippen molar-refractivity contribution in [3.63, 3.8) is 0 Å². The number of amides is 1. The predicted octanol–water partition coefficient (Wildman–Crippen LogP) is 4.91. The summed E-state index contributed by atoms with van der Waals surface area (Å²) in [4.78, 5) is 12.0. The van der Waals surface area contributed by atoms with Crippen LogP contribution in [-0.2, 0) is 4.79 Å². The third kappa shape index (κ3) is 4.60. The van der Waals surface area contributed by atoms with E-state index in [1.807, 2.05) is 0 Å². The van der Waals surface area contributed by atoms with Crippen molar-refractivity contribution in [2.24, 2.45) is 11.3 Å². The minimum Gasteiger partial charge on any atom is -0.326 e. The van der Waals surface area contributed by atoms with Crippen LogP contribution in [0.1, 0.15) is 39.7 Å². The lowest BCUT2D eigenvalue weighted by molar-refractivity contribution is -0.117. The van der Waals surface area contributed by atoms with Gasteiger partial charge in [0.15, 0.2) is 0 Å². The van der Waals surface area contributed by atoms with Crippen LogP contribution >= 0.6 is 15.9 Å². The average molecular weight is 330 g/mol. The molecule has 1 amide bonds. The van der Waals surface area contributed by atoms with Crippen LogP contribution in [0.2, 0.25) is 0 Å². The minimum absolute atomic E-state index is 0.0379. The predicted molar refractivity (Wildman–Crippen MR) is 80.7 cm³/mol. The average Bonchev–Trinajstić information content (AvgIpc) is 2.24. The van der Waals surface area contributed by atoms with Crippen molar-refractivity contribution in [2.45, 2.75) is 41.0 Å². The molecule has 0 bridgehead atoms. The highest BCUT2D eigenvalue weighted by molar-refractivity contribution is 9.10. The third-order valence-electron chi connectivity index (χ3n) is 3.51. The molecule has 2 nitrogen and oxygen atoms in total. The molecule has 0 fully saturated rings. The van der Waals surface area contributed by atoms with E-state index in [9.17, 15) is 9.18 Å². The first-order valence-corrected chi connectivity index (χ1v) is 7.16. The molecule has 1 atom stereocenters. The molecule has 19 heavy (non-hydrogen) atoms. The summed E-state index contributed by atoms with van der Waals surface area (Å²) in [6, 6.07) is 3.01. The van der Waals surface area contributed by atoms with E-state index >= 15 is 0 Å². The van der Waals surface area contributed by atoms with Crippen molar-refractivity contribution in [2.75, 3.05) is 5.32 Å². The highest BCUT2D eigenvalue weighted by Gasteiger charge is 2.22. The molecule has 0 heterocycles. The van der Waals surface area contributed by atoms with Crippen molar-refractivity contribution in [3.8, 4) is 0 Å². The zero-order valence-corrected chi connectivity index (χ0v) is 13.7. The second-order valence-electron chi connectivity index (χ2n) is 6.10. The maximum Gasteiger partial charge on any atom is 0.224 e. The molecular weight excluding hydrogens is 309 g/mol. The normalized spacial score (nSPS) is 13.2. The molecule has 1 unspecified atom stereocenters. The van der Waals surface area contributed by atoms with Crippen molar-refractivity contribution >= 4 is 27.5 Å². The first kappa shape index (κ1) is 16.2. The van der Waals surface area contributed by atoms with Gasteiger partial charge in [-0.3, -0.25) is 4.79 Å². The van der Waals surface area contributed by atoms with E-state index in [0.29, 0.717) is 16.6 Å². The van der Waals surface area contributed by atoms with Gasteiger partial charge in [-0.1, -0.05) is 27.7 Å². The molecule has 1 N–H and O–H groups in total. The lowest BCUT2D eigenvalue weighted by atomic mass is 9.80. The second-order valence-corrected chi connectivity index (χ2v) is 6.95. The quantitative estimate of drug-likeness (QED) is 0.838. The van der Waals surface area contributed by atoms with Crippen LogP contribution < -0.4 is 5.32 Å². The fraction of sp³-hybridized carbons (Fsp3) is 0.533. The Hall–Kier alpha value is -0.900. The van der Waals surface area contributed by atoms with Crippen molar-refractivity contribution in [1.82, 2.24) is 0 Å². The van der Waals surface area contributed by atoms with Crippen molar-refractivity contribution in [1.29, 1.82) is 0 Å².